The molecule has 0 aliphatic rings. The van der Waals surface area contributed by atoms with E-state index in [9.17, 15) is 14.3 Å². The summed E-state index contributed by atoms with van der Waals surface area (Å²) in [5.74, 6) is -0.534. The molecule has 2 aromatic carbocycles. The van der Waals surface area contributed by atoms with Gasteiger partial charge in [-0.25, -0.2) is 14.4 Å². The van der Waals surface area contributed by atoms with Crippen molar-refractivity contribution in [3.8, 4) is 5.75 Å². The maximum absolute atomic E-state index is 13.5. The SMILES string of the molecule is Cc1cccc(NC(=O)c2cc3ccc(O)cc3oc2=Nc2cccc(F)c2)n1. The van der Waals surface area contributed by atoms with Gasteiger partial charge in [0.25, 0.3) is 5.91 Å². The Kier molecular flexibility index (Phi) is 4.78. The lowest BCUT2D eigenvalue weighted by Crippen LogP contribution is -2.22. The van der Waals surface area contributed by atoms with Gasteiger partial charge in [0.1, 0.15) is 28.5 Å². The van der Waals surface area contributed by atoms with Gasteiger partial charge in [0.15, 0.2) is 0 Å². The minimum Gasteiger partial charge on any atom is -0.508 e. The summed E-state index contributed by atoms with van der Waals surface area (Å²) in [5.41, 5.74) is 1.52. The monoisotopic (exact) mass is 389 g/mol. The molecule has 144 valence electrons. The van der Waals surface area contributed by atoms with Crippen molar-refractivity contribution in [2.75, 3.05) is 5.32 Å². The van der Waals surface area contributed by atoms with Crippen molar-refractivity contribution in [1.82, 2.24) is 4.98 Å². The number of aromatic nitrogens is 1. The third kappa shape index (κ3) is 4.14. The zero-order chi connectivity index (χ0) is 20.4. The van der Waals surface area contributed by atoms with Crippen LogP contribution in [0.3, 0.4) is 0 Å². The summed E-state index contributed by atoms with van der Waals surface area (Å²) >= 11 is 0. The van der Waals surface area contributed by atoms with Crippen LogP contribution < -0.4 is 10.9 Å². The Balaban J connectivity index is 1.86. The molecule has 2 heterocycles. The molecule has 6 nitrogen and oxygen atoms in total. The Morgan fingerprint density at radius 2 is 1.93 bits per heavy atom. The van der Waals surface area contributed by atoms with Crippen molar-refractivity contribution >= 4 is 28.4 Å². The molecular weight excluding hydrogens is 373 g/mol. The first-order chi connectivity index (χ1) is 14.0. The van der Waals surface area contributed by atoms with Gasteiger partial charge in [-0.1, -0.05) is 12.1 Å². The number of nitrogens with one attached hydrogen (secondary N) is 1. The molecule has 1 amide bonds. The predicted molar refractivity (Wildman–Crippen MR) is 106 cm³/mol. The molecule has 29 heavy (non-hydrogen) atoms. The Bertz CT molecular complexity index is 1300. The molecule has 4 aromatic rings. The number of benzene rings is 2. The van der Waals surface area contributed by atoms with Crippen molar-refractivity contribution in [3.63, 3.8) is 0 Å². The average Bonchev–Trinajstić information content (AvgIpc) is 2.67. The van der Waals surface area contributed by atoms with Crippen molar-refractivity contribution < 1.29 is 18.7 Å². The van der Waals surface area contributed by atoms with Crippen molar-refractivity contribution in [3.05, 3.63) is 89.4 Å². The quantitative estimate of drug-likeness (QED) is 0.541. The highest BCUT2D eigenvalue weighted by molar-refractivity contribution is 6.05. The number of phenols is 1. The number of nitrogens with zero attached hydrogens (tertiary/aromatic N) is 2. The van der Waals surface area contributed by atoms with Crippen LogP contribution in [-0.2, 0) is 0 Å². The third-order valence-corrected chi connectivity index (χ3v) is 4.15. The van der Waals surface area contributed by atoms with E-state index < -0.39 is 11.7 Å². The molecule has 4 rings (SSSR count). The van der Waals surface area contributed by atoms with E-state index in [4.69, 9.17) is 4.42 Å². The lowest BCUT2D eigenvalue weighted by atomic mass is 10.1. The number of hydrogen-bond acceptors (Lipinski definition) is 5. The standard InChI is InChI=1S/C22H16FN3O3/c1-13-4-2-7-20(24-13)26-21(28)18-10-14-8-9-17(27)12-19(14)29-22(18)25-16-6-3-5-15(23)11-16/h2-12,27H,1H3,(H,24,26,28). The van der Waals surface area contributed by atoms with E-state index in [-0.39, 0.29) is 22.6 Å². The number of pyridine rings is 1. The van der Waals surface area contributed by atoms with E-state index in [1.165, 1.54) is 30.3 Å². The molecule has 2 aromatic heterocycles. The lowest BCUT2D eigenvalue weighted by Gasteiger charge is -2.07. The molecule has 0 unspecified atom stereocenters. The second-order valence-electron chi connectivity index (χ2n) is 6.40. The van der Waals surface area contributed by atoms with Gasteiger partial charge in [-0.3, -0.25) is 4.79 Å². The number of fused-ring (bicyclic) bond motifs is 1. The normalized spacial score (nSPS) is 11.6. The maximum atomic E-state index is 13.5. The number of aryl methyl sites for hydroxylation is 1. The second-order valence-corrected chi connectivity index (χ2v) is 6.40. The molecule has 0 spiro atoms. The second kappa shape index (κ2) is 7.55. The van der Waals surface area contributed by atoms with Crippen LogP contribution in [0, 0.1) is 12.7 Å². The third-order valence-electron chi connectivity index (χ3n) is 4.15. The first kappa shape index (κ1) is 18.4. The van der Waals surface area contributed by atoms with Crippen LogP contribution in [0.5, 0.6) is 5.75 Å². The lowest BCUT2D eigenvalue weighted by molar-refractivity contribution is 0.102. The number of phenolic OH excluding ortho intramolecular Hbond substituents is 1. The number of halogens is 1. The van der Waals surface area contributed by atoms with Gasteiger partial charge in [0.05, 0.1) is 5.69 Å². The Morgan fingerprint density at radius 3 is 2.72 bits per heavy atom. The van der Waals surface area contributed by atoms with Gasteiger partial charge >= 0.3 is 0 Å². The molecule has 2 N–H and O–H groups in total. The first-order valence-corrected chi connectivity index (χ1v) is 8.80. The summed E-state index contributed by atoms with van der Waals surface area (Å²) in [5, 5.41) is 13.0. The highest BCUT2D eigenvalue weighted by atomic mass is 19.1. The molecule has 0 bridgehead atoms. The largest absolute Gasteiger partial charge is 0.508 e. The molecule has 0 fully saturated rings. The van der Waals surface area contributed by atoms with Crippen LogP contribution >= 0.6 is 0 Å². The summed E-state index contributed by atoms with van der Waals surface area (Å²) in [4.78, 5) is 21.5. The fraction of sp³-hybridized carbons (Fsp3) is 0.0455. The van der Waals surface area contributed by atoms with Crippen molar-refractivity contribution in [2.24, 2.45) is 4.99 Å². The van der Waals surface area contributed by atoms with Crippen LogP contribution in [0.2, 0.25) is 0 Å². The summed E-state index contributed by atoms with van der Waals surface area (Å²) in [6.45, 7) is 1.82. The minimum atomic E-state index is -0.475. The molecule has 0 saturated heterocycles. The minimum absolute atomic E-state index is 0.0131. The molecule has 7 heteroatoms. The zero-order valence-corrected chi connectivity index (χ0v) is 15.4. The van der Waals surface area contributed by atoms with Gasteiger partial charge in [-0.05, 0) is 55.5 Å². The van der Waals surface area contributed by atoms with Gasteiger partial charge in [0, 0.05) is 17.1 Å². The fourth-order valence-electron chi connectivity index (χ4n) is 2.81. The summed E-state index contributed by atoms with van der Waals surface area (Å²) < 4.78 is 19.3. The van der Waals surface area contributed by atoms with Crippen molar-refractivity contribution in [2.45, 2.75) is 6.92 Å². The highest BCUT2D eigenvalue weighted by Crippen LogP contribution is 2.21. The average molecular weight is 389 g/mol. The first-order valence-electron chi connectivity index (χ1n) is 8.80. The van der Waals surface area contributed by atoms with E-state index in [1.54, 1.807) is 30.3 Å². The molecular formula is C22H16FN3O3. The smallest absolute Gasteiger partial charge is 0.262 e. The van der Waals surface area contributed by atoms with E-state index in [0.29, 0.717) is 16.8 Å². The maximum Gasteiger partial charge on any atom is 0.262 e. The number of rotatable bonds is 3. The fourth-order valence-corrected chi connectivity index (χ4v) is 2.81. The van der Waals surface area contributed by atoms with Crippen LogP contribution in [0.4, 0.5) is 15.9 Å². The van der Waals surface area contributed by atoms with E-state index in [2.05, 4.69) is 15.3 Å². The molecule has 0 aliphatic heterocycles. The molecule has 0 atom stereocenters. The predicted octanol–water partition coefficient (Wildman–Crippen LogP) is 4.47. The summed E-state index contributed by atoms with van der Waals surface area (Å²) in [6.07, 6.45) is 0. The number of amides is 1. The molecule has 0 aliphatic carbocycles. The summed E-state index contributed by atoms with van der Waals surface area (Å²) in [7, 11) is 0. The van der Waals surface area contributed by atoms with Crippen LogP contribution in [-0.4, -0.2) is 16.0 Å². The Hall–Kier alpha value is -4.00. The van der Waals surface area contributed by atoms with Gasteiger partial charge in [-0.2, -0.15) is 0 Å². The van der Waals surface area contributed by atoms with Gasteiger partial charge in [-0.15, -0.1) is 0 Å². The Morgan fingerprint density at radius 1 is 1.10 bits per heavy atom. The molecule has 0 saturated carbocycles. The number of aromatic hydroxyl groups is 1. The highest BCUT2D eigenvalue weighted by Gasteiger charge is 2.14. The summed E-state index contributed by atoms with van der Waals surface area (Å²) in [6, 6.07) is 17.0. The van der Waals surface area contributed by atoms with E-state index in [0.717, 1.165) is 5.69 Å². The van der Waals surface area contributed by atoms with Crippen LogP contribution in [0.25, 0.3) is 11.0 Å². The topological polar surface area (TPSA) is 87.7 Å². The van der Waals surface area contributed by atoms with E-state index in [1.807, 2.05) is 13.0 Å². The van der Waals surface area contributed by atoms with E-state index >= 15 is 0 Å². The molecule has 0 radical (unpaired) electrons. The van der Waals surface area contributed by atoms with Crippen LogP contribution in [0.1, 0.15) is 16.1 Å². The van der Waals surface area contributed by atoms with Gasteiger partial charge in [0.2, 0.25) is 5.55 Å². The number of carbonyl (C=O) groups is 1. The van der Waals surface area contributed by atoms with Gasteiger partial charge < -0.3 is 14.8 Å². The van der Waals surface area contributed by atoms with Crippen LogP contribution in [0.15, 0.2) is 76.1 Å². The van der Waals surface area contributed by atoms with Crippen molar-refractivity contribution in [1.29, 1.82) is 0 Å². The zero-order valence-electron chi connectivity index (χ0n) is 15.4. The Labute approximate surface area is 165 Å². The number of anilines is 1. The number of carbonyl (C=O) groups excluding carboxylic acids is 1. The number of hydrogen-bond donors (Lipinski definition) is 2.